The van der Waals surface area contributed by atoms with E-state index in [9.17, 15) is 4.79 Å². The SMILES string of the molecule is COc1cccc(C(=O)O)c1OCC=Cc1ccccc1. The molecule has 0 fully saturated rings. The van der Waals surface area contributed by atoms with E-state index < -0.39 is 5.97 Å². The van der Waals surface area contributed by atoms with E-state index in [0.717, 1.165) is 5.56 Å². The second kappa shape index (κ2) is 7.14. The van der Waals surface area contributed by atoms with Gasteiger partial charge in [-0.2, -0.15) is 0 Å². The Hall–Kier alpha value is -2.75. The van der Waals surface area contributed by atoms with Crippen LogP contribution >= 0.6 is 0 Å². The van der Waals surface area contributed by atoms with Crippen LogP contribution in [-0.4, -0.2) is 24.8 Å². The van der Waals surface area contributed by atoms with Gasteiger partial charge in [0, 0.05) is 0 Å². The highest BCUT2D eigenvalue weighted by atomic mass is 16.5. The molecule has 0 atom stereocenters. The Morgan fingerprint density at radius 2 is 1.90 bits per heavy atom. The van der Waals surface area contributed by atoms with Gasteiger partial charge in [-0.15, -0.1) is 0 Å². The topological polar surface area (TPSA) is 55.8 Å². The van der Waals surface area contributed by atoms with Crippen LogP contribution in [0.2, 0.25) is 0 Å². The number of hydrogen-bond donors (Lipinski definition) is 1. The molecule has 21 heavy (non-hydrogen) atoms. The van der Waals surface area contributed by atoms with Gasteiger partial charge in [-0.05, 0) is 23.8 Å². The molecular formula is C17H16O4. The molecule has 0 unspecified atom stereocenters. The molecule has 0 saturated carbocycles. The Balaban J connectivity index is 2.09. The molecule has 0 saturated heterocycles. The summed E-state index contributed by atoms with van der Waals surface area (Å²) in [6.45, 7) is 0.259. The number of carboxylic acids is 1. The van der Waals surface area contributed by atoms with Gasteiger partial charge in [0.15, 0.2) is 11.5 Å². The van der Waals surface area contributed by atoms with Gasteiger partial charge in [0.1, 0.15) is 12.2 Å². The zero-order valence-electron chi connectivity index (χ0n) is 11.7. The van der Waals surface area contributed by atoms with E-state index >= 15 is 0 Å². The van der Waals surface area contributed by atoms with Crippen molar-refractivity contribution < 1.29 is 19.4 Å². The number of ether oxygens (including phenoxy) is 2. The fraction of sp³-hybridized carbons (Fsp3) is 0.118. The van der Waals surface area contributed by atoms with Crippen molar-refractivity contribution in [2.45, 2.75) is 0 Å². The molecule has 2 aromatic rings. The third-order valence-electron chi connectivity index (χ3n) is 2.86. The van der Waals surface area contributed by atoms with Crippen molar-refractivity contribution in [3.63, 3.8) is 0 Å². The van der Waals surface area contributed by atoms with Crippen LogP contribution in [-0.2, 0) is 0 Å². The summed E-state index contributed by atoms with van der Waals surface area (Å²) in [6, 6.07) is 14.6. The molecule has 108 valence electrons. The smallest absolute Gasteiger partial charge is 0.339 e. The van der Waals surface area contributed by atoms with Crippen LogP contribution in [0.3, 0.4) is 0 Å². The van der Waals surface area contributed by atoms with Gasteiger partial charge < -0.3 is 14.6 Å². The highest BCUT2D eigenvalue weighted by molar-refractivity contribution is 5.92. The van der Waals surface area contributed by atoms with Crippen molar-refractivity contribution in [3.8, 4) is 11.5 Å². The maximum Gasteiger partial charge on any atom is 0.339 e. The summed E-state index contributed by atoms with van der Waals surface area (Å²) in [4.78, 5) is 11.2. The van der Waals surface area contributed by atoms with Crippen LogP contribution in [0, 0.1) is 0 Å². The fourth-order valence-corrected chi connectivity index (χ4v) is 1.87. The van der Waals surface area contributed by atoms with E-state index in [1.807, 2.05) is 42.5 Å². The van der Waals surface area contributed by atoms with Crippen molar-refractivity contribution in [3.05, 3.63) is 65.7 Å². The summed E-state index contributed by atoms with van der Waals surface area (Å²) < 4.78 is 10.7. The lowest BCUT2D eigenvalue weighted by atomic mass is 10.2. The number of aromatic carboxylic acids is 1. The minimum Gasteiger partial charge on any atom is -0.493 e. The van der Waals surface area contributed by atoms with Gasteiger partial charge >= 0.3 is 5.97 Å². The van der Waals surface area contributed by atoms with Crippen LogP contribution < -0.4 is 9.47 Å². The molecule has 0 aliphatic heterocycles. The van der Waals surface area contributed by atoms with Crippen molar-refractivity contribution in [1.82, 2.24) is 0 Å². The number of benzene rings is 2. The molecule has 2 rings (SSSR count). The van der Waals surface area contributed by atoms with E-state index in [1.54, 1.807) is 12.1 Å². The first-order valence-corrected chi connectivity index (χ1v) is 6.47. The number of hydrogen-bond acceptors (Lipinski definition) is 3. The average molecular weight is 284 g/mol. The van der Waals surface area contributed by atoms with Gasteiger partial charge in [0.25, 0.3) is 0 Å². The number of carboxylic acid groups (broad SMARTS) is 1. The Labute approximate surface area is 123 Å². The predicted molar refractivity (Wildman–Crippen MR) is 80.9 cm³/mol. The average Bonchev–Trinajstić information content (AvgIpc) is 2.52. The lowest BCUT2D eigenvalue weighted by Gasteiger charge is -2.11. The second-order valence-corrected chi connectivity index (χ2v) is 4.27. The minimum atomic E-state index is -1.05. The summed E-state index contributed by atoms with van der Waals surface area (Å²) in [7, 11) is 1.48. The highest BCUT2D eigenvalue weighted by Crippen LogP contribution is 2.31. The highest BCUT2D eigenvalue weighted by Gasteiger charge is 2.15. The van der Waals surface area contributed by atoms with Crippen LogP contribution in [0.15, 0.2) is 54.6 Å². The summed E-state index contributed by atoms with van der Waals surface area (Å²) >= 11 is 0. The summed E-state index contributed by atoms with van der Waals surface area (Å²) in [6.07, 6.45) is 3.74. The molecule has 0 heterocycles. The van der Waals surface area contributed by atoms with Crippen molar-refractivity contribution in [2.75, 3.05) is 13.7 Å². The Kier molecular flexibility index (Phi) is 4.99. The van der Waals surface area contributed by atoms with Gasteiger partial charge in [0.05, 0.1) is 7.11 Å². The molecule has 0 aliphatic rings. The first-order valence-electron chi connectivity index (χ1n) is 6.47. The third kappa shape index (κ3) is 3.86. The van der Waals surface area contributed by atoms with Gasteiger partial charge in [-0.3, -0.25) is 0 Å². The number of para-hydroxylation sites is 1. The Morgan fingerprint density at radius 3 is 2.57 bits per heavy atom. The Morgan fingerprint density at radius 1 is 1.14 bits per heavy atom. The fourth-order valence-electron chi connectivity index (χ4n) is 1.87. The molecule has 0 aromatic heterocycles. The van der Waals surface area contributed by atoms with Crippen molar-refractivity contribution in [2.24, 2.45) is 0 Å². The molecule has 2 aromatic carbocycles. The maximum atomic E-state index is 11.2. The summed E-state index contributed by atoms with van der Waals surface area (Å²) in [5.74, 6) is -0.399. The van der Waals surface area contributed by atoms with Crippen LogP contribution in [0.25, 0.3) is 6.08 Å². The molecule has 4 nitrogen and oxygen atoms in total. The predicted octanol–water partition coefficient (Wildman–Crippen LogP) is 3.49. The zero-order chi connectivity index (χ0) is 15.1. The quantitative estimate of drug-likeness (QED) is 0.882. The molecular weight excluding hydrogens is 268 g/mol. The zero-order valence-corrected chi connectivity index (χ0v) is 11.7. The summed E-state index contributed by atoms with van der Waals surface area (Å²) in [5, 5.41) is 9.17. The lowest BCUT2D eigenvalue weighted by molar-refractivity contribution is 0.0692. The standard InChI is InChI=1S/C17H16O4/c1-20-15-11-5-10-14(17(18)19)16(15)21-12-6-9-13-7-3-2-4-8-13/h2-11H,12H2,1H3,(H,18,19). The molecule has 0 radical (unpaired) electrons. The maximum absolute atomic E-state index is 11.2. The second-order valence-electron chi connectivity index (χ2n) is 4.27. The largest absolute Gasteiger partial charge is 0.493 e. The van der Waals surface area contributed by atoms with E-state index in [1.165, 1.54) is 13.2 Å². The van der Waals surface area contributed by atoms with E-state index in [0.29, 0.717) is 5.75 Å². The van der Waals surface area contributed by atoms with E-state index in [-0.39, 0.29) is 17.9 Å². The molecule has 0 bridgehead atoms. The number of methoxy groups -OCH3 is 1. The number of carbonyl (C=O) groups is 1. The van der Waals surface area contributed by atoms with E-state index in [4.69, 9.17) is 14.6 Å². The van der Waals surface area contributed by atoms with Crippen molar-refractivity contribution >= 4 is 12.0 Å². The van der Waals surface area contributed by atoms with Crippen molar-refractivity contribution in [1.29, 1.82) is 0 Å². The summed E-state index contributed by atoms with van der Waals surface area (Å²) in [5.41, 5.74) is 1.14. The number of rotatable bonds is 6. The first kappa shape index (κ1) is 14.7. The lowest BCUT2D eigenvalue weighted by Crippen LogP contribution is -2.04. The monoisotopic (exact) mass is 284 g/mol. The van der Waals surface area contributed by atoms with Crippen LogP contribution in [0.1, 0.15) is 15.9 Å². The molecule has 0 amide bonds. The van der Waals surface area contributed by atoms with Gasteiger partial charge in [-0.25, -0.2) is 4.79 Å². The normalized spacial score (nSPS) is 10.5. The van der Waals surface area contributed by atoms with Crippen LogP contribution in [0.4, 0.5) is 0 Å². The molecule has 0 spiro atoms. The molecule has 0 aliphatic carbocycles. The van der Waals surface area contributed by atoms with Gasteiger partial charge in [-0.1, -0.05) is 42.5 Å². The molecule has 1 N–H and O–H groups in total. The molecule has 4 heteroatoms. The van der Waals surface area contributed by atoms with E-state index in [2.05, 4.69) is 0 Å². The first-order chi connectivity index (χ1) is 10.2. The third-order valence-corrected chi connectivity index (χ3v) is 2.86. The minimum absolute atomic E-state index is 0.0856. The van der Waals surface area contributed by atoms with Gasteiger partial charge in [0.2, 0.25) is 0 Å². The van der Waals surface area contributed by atoms with Crippen LogP contribution in [0.5, 0.6) is 11.5 Å². The Bertz CT molecular complexity index is 632.